The molecule has 0 N–H and O–H groups in total. The summed E-state index contributed by atoms with van der Waals surface area (Å²) >= 11 is 0. The van der Waals surface area contributed by atoms with Crippen molar-refractivity contribution in [1.29, 1.82) is 0 Å². The molecular formula is C21H20O4Y. The first-order valence-corrected chi connectivity index (χ1v) is 7.48. The normalized spacial score (nSPS) is 9.62. The van der Waals surface area contributed by atoms with Gasteiger partial charge in [-0.2, -0.15) is 0 Å². The van der Waals surface area contributed by atoms with Gasteiger partial charge in [-0.25, -0.2) is 4.79 Å². The van der Waals surface area contributed by atoms with Gasteiger partial charge in [0, 0.05) is 38.3 Å². The van der Waals surface area contributed by atoms with Crippen molar-refractivity contribution in [3.8, 4) is 11.5 Å². The van der Waals surface area contributed by atoms with E-state index >= 15 is 0 Å². The van der Waals surface area contributed by atoms with Crippen LogP contribution < -0.4 is 9.47 Å². The van der Waals surface area contributed by atoms with Gasteiger partial charge in [0.15, 0.2) is 5.78 Å². The van der Waals surface area contributed by atoms with Crippen molar-refractivity contribution in [3.05, 3.63) is 71.8 Å². The molecule has 0 amide bonds. The van der Waals surface area contributed by atoms with E-state index in [0.717, 1.165) is 10.8 Å². The van der Waals surface area contributed by atoms with Crippen LogP contribution in [0.5, 0.6) is 11.5 Å². The Kier molecular flexibility index (Phi) is 8.13. The van der Waals surface area contributed by atoms with E-state index in [1.54, 1.807) is 49.6 Å². The minimum Gasteiger partial charge on any atom is -0.497 e. The van der Waals surface area contributed by atoms with Crippen LogP contribution in [-0.4, -0.2) is 18.9 Å². The zero-order valence-corrected chi connectivity index (χ0v) is 16.8. The number of rotatable bonds is 4. The fraction of sp³-hybridized carbons (Fsp3) is 0.143. The fourth-order valence-corrected chi connectivity index (χ4v) is 2.40. The summed E-state index contributed by atoms with van der Waals surface area (Å²) < 4.78 is 10.5. The molecule has 0 spiro atoms. The zero-order chi connectivity index (χ0) is 17.1. The number of ether oxygens (including phenoxy) is 2. The summed E-state index contributed by atoms with van der Waals surface area (Å²) in [6, 6.07) is 17.5. The summed E-state index contributed by atoms with van der Waals surface area (Å²) in [5.41, 5.74) is 1.10. The van der Waals surface area contributed by atoms with Gasteiger partial charge in [0.25, 0.3) is 0 Å². The van der Waals surface area contributed by atoms with Gasteiger partial charge in [0.1, 0.15) is 11.5 Å². The van der Waals surface area contributed by atoms with E-state index in [4.69, 9.17) is 9.47 Å². The molecule has 0 aliphatic carbocycles. The third-order valence-corrected chi connectivity index (χ3v) is 3.75. The van der Waals surface area contributed by atoms with E-state index in [9.17, 15) is 9.59 Å². The number of fused-ring (bicyclic) bond motifs is 1. The van der Waals surface area contributed by atoms with Crippen LogP contribution in [0.2, 0.25) is 0 Å². The monoisotopic (exact) mass is 425 g/mol. The van der Waals surface area contributed by atoms with Crippen LogP contribution in [0.25, 0.3) is 10.8 Å². The van der Waals surface area contributed by atoms with Crippen molar-refractivity contribution in [2.24, 2.45) is 0 Å². The Bertz CT molecular complexity index is 917. The molecule has 0 atom stereocenters. The number of methoxy groups -OCH3 is 1. The van der Waals surface area contributed by atoms with Gasteiger partial charge in [-0.15, -0.1) is 0 Å². The van der Waals surface area contributed by atoms with Gasteiger partial charge in [-0.05, 0) is 60.2 Å². The Labute approximate surface area is 178 Å². The fourth-order valence-electron chi connectivity index (χ4n) is 2.40. The topological polar surface area (TPSA) is 52.6 Å². The Morgan fingerprint density at radius 1 is 0.769 bits per heavy atom. The van der Waals surface area contributed by atoms with E-state index in [1.807, 2.05) is 18.2 Å². The first-order valence-electron chi connectivity index (χ1n) is 7.48. The van der Waals surface area contributed by atoms with E-state index in [-0.39, 0.29) is 45.9 Å². The number of carbonyl (C=O) groups excluding carboxylic acids is 2. The maximum Gasteiger partial charge on any atom is 0.343 e. The van der Waals surface area contributed by atoms with E-state index in [2.05, 4.69) is 0 Å². The summed E-state index contributed by atoms with van der Waals surface area (Å²) in [5, 5.41) is 1.83. The molecule has 0 fully saturated rings. The Hall–Kier alpha value is -2.04. The summed E-state index contributed by atoms with van der Waals surface area (Å²) in [6.07, 6.45) is 0. The molecule has 3 rings (SSSR count). The quantitative estimate of drug-likeness (QED) is 0.339. The van der Waals surface area contributed by atoms with Gasteiger partial charge >= 0.3 is 5.97 Å². The molecule has 5 heteroatoms. The smallest absolute Gasteiger partial charge is 0.343 e. The molecule has 0 bridgehead atoms. The summed E-state index contributed by atoms with van der Waals surface area (Å²) in [6.45, 7) is 1.53. The van der Waals surface area contributed by atoms with Crippen LogP contribution in [0.3, 0.4) is 0 Å². The molecule has 0 saturated heterocycles. The minimum absolute atomic E-state index is 0. The van der Waals surface area contributed by atoms with E-state index < -0.39 is 5.97 Å². The zero-order valence-electron chi connectivity index (χ0n) is 14.0. The SMILES string of the molecule is C.COc1ccc(C(=O)Oc2ccc3cc(C(C)=O)ccc3c2)cc1.[Y]. The maximum atomic E-state index is 12.2. The Morgan fingerprint density at radius 3 is 1.92 bits per heavy atom. The standard InChI is InChI=1S/C20H16O4.CH4.Y/c1-13(21)15-3-4-17-12-19(10-7-16(17)11-15)24-20(22)14-5-8-18(23-2)9-6-14;;/h3-12H,1-2H3;1H4;. The molecule has 0 saturated carbocycles. The number of esters is 1. The van der Waals surface area contributed by atoms with Gasteiger partial charge < -0.3 is 9.47 Å². The second-order valence-electron chi connectivity index (χ2n) is 5.40. The molecule has 3 aromatic rings. The average Bonchev–Trinajstić information content (AvgIpc) is 2.61. The first kappa shape index (κ1) is 22.0. The van der Waals surface area contributed by atoms with Crippen LogP contribution in [0, 0.1) is 0 Å². The van der Waals surface area contributed by atoms with Crippen LogP contribution in [0.4, 0.5) is 0 Å². The Morgan fingerprint density at radius 2 is 1.31 bits per heavy atom. The predicted octanol–water partition coefficient (Wildman–Crippen LogP) is 4.90. The van der Waals surface area contributed by atoms with Gasteiger partial charge in [0.2, 0.25) is 0 Å². The molecule has 0 aromatic heterocycles. The largest absolute Gasteiger partial charge is 0.497 e. The number of Topliss-reactive ketones (excluding diaryl/α,β-unsaturated/α-hetero) is 1. The van der Waals surface area contributed by atoms with Crippen molar-refractivity contribution in [2.75, 3.05) is 7.11 Å². The predicted molar refractivity (Wildman–Crippen MR) is 98.6 cm³/mol. The number of carbonyl (C=O) groups is 2. The number of ketones is 1. The summed E-state index contributed by atoms with van der Waals surface area (Å²) in [7, 11) is 1.57. The third kappa shape index (κ3) is 4.99. The van der Waals surface area contributed by atoms with Crippen molar-refractivity contribution in [1.82, 2.24) is 0 Å². The molecule has 0 aliphatic rings. The first-order chi connectivity index (χ1) is 11.6. The third-order valence-electron chi connectivity index (χ3n) is 3.75. The molecule has 0 heterocycles. The number of hydrogen-bond acceptors (Lipinski definition) is 4. The van der Waals surface area contributed by atoms with Crippen LogP contribution in [-0.2, 0) is 32.7 Å². The summed E-state index contributed by atoms with van der Waals surface area (Å²) in [4.78, 5) is 23.6. The van der Waals surface area contributed by atoms with E-state index in [1.165, 1.54) is 6.92 Å². The molecule has 26 heavy (non-hydrogen) atoms. The van der Waals surface area contributed by atoms with Crippen LogP contribution >= 0.6 is 0 Å². The molecular weight excluding hydrogens is 405 g/mol. The minimum atomic E-state index is -0.433. The molecule has 4 nitrogen and oxygen atoms in total. The molecule has 0 aliphatic heterocycles. The van der Waals surface area contributed by atoms with Crippen LogP contribution in [0.1, 0.15) is 35.1 Å². The molecule has 3 aromatic carbocycles. The second kappa shape index (κ2) is 9.60. The molecule has 0 unspecified atom stereocenters. The van der Waals surface area contributed by atoms with E-state index in [0.29, 0.717) is 22.6 Å². The van der Waals surface area contributed by atoms with Crippen molar-refractivity contribution >= 4 is 22.5 Å². The number of hydrogen-bond donors (Lipinski definition) is 0. The van der Waals surface area contributed by atoms with Crippen molar-refractivity contribution in [3.63, 3.8) is 0 Å². The second-order valence-corrected chi connectivity index (χ2v) is 5.40. The van der Waals surface area contributed by atoms with Crippen molar-refractivity contribution in [2.45, 2.75) is 14.4 Å². The van der Waals surface area contributed by atoms with Crippen LogP contribution in [0.15, 0.2) is 60.7 Å². The van der Waals surface area contributed by atoms with Gasteiger partial charge in [0.05, 0.1) is 12.7 Å². The summed E-state index contributed by atoms with van der Waals surface area (Å²) in [5.74, 6) is 0.724. The average molecular weight is 425 g/mol. The number of benzene rings is 3. The van der Waals surface area contributed by atoms with Gasteiger partial charge in [-0.1, -0.05) is 25.6 Å². The maximum absolute atomic E-state index is 12.2. The van der Waals surface area contributed by atoms with Gasteiger partial charge in [-0.3, -0.25) is 4.79 Å². The van der Waals surface area contributed by atoms with Crippen molar-refractivity contribution < 1.29 is 51.8 Å². The molecule has 131 valence electrons. The molecule has 1 radical (unpaired) electrons. The Balaban J connectivity index is 0.00000169.